The predicted molar refractivity (Wildman–Crippen MR) is 330 cm³/mol. The zero-order valence-electron chi connectivity index (χ0n) is 44.0. The van der Waals surface area contributed by atoms with E-state index >= 15 is 0 Å². The molecule has 10 aromatic carbocycles. The van der Waals surface area contributed by atoms with E-state index in [1.54, 1.807) is 12.1 Å². The minimum atomic E-state index is -0.343. The Morgan fingerprint density at radius 1 is 0.354 bits per heavy atom. The highest BCUT2D eigenvalue weighted by Crippen LogP contribution is 2.36. The maximum Gasteiger partial charge on any atom is 0.277 e. The zero-order valence-corrected chi connectivity index (χ0v) is 44.0. The monoisotopic (exact) mass is 1060 g/mol. The topological polar surface area (TPSA) is 133 Å². The van der Waals surface area contributed by atoms with Crippen molar-refractivity contribution < 1.29 is 4.92 Å². The summed E-state index contributed by atoms with van der Waals surface area (Å²) in [5.74, 6) is 2.51. The van der Waals surface area contributed by atoms with Crippen LogP contribution in [-0.2, 0) is 0 Å². The van der Waals surface area contributed by atoms with Gasteiger partial charge in [-0.25, -0.2) is 24.9 Å². The fraction of sp³-hybridized carbons (Fsp3) is 0. The lowest BCUT2D eigenvalue weighted by Gasteiger charge is -2.11. The number of H-pyrrole nitrogens is 1. The van der Waals surface area contributed by atoms with Gasteiger partial charge in [-0.1, -0.05) is 188 Å². The van der Waals surface area contributed by atoms with E-state index in [4.69, 9.17) is 24.9 Å². The number of nitro benzene ring substituents is 1. The van der Waals surface area contributed by atoms with Crippen molar-refractivity contribution in [3.05, 3.63) is 289 Å². The predicted octanol–water partition coefficient (Wildman–Crippen LogP) is 17.4. The van der Waals surface area contributed by atoms with Crippen LogP contribution in [0.4, 0.5) is 5.69 Å². The van der Waals surface area contributed by atoms with Crippen molar-refractivity contribution in [2.24, 2.45) is 0 Å². The molecule has 5 aromatic heterocycles. The third kappa shape index (κ3) is 9.39. The lowest BCUT2D eigenvalue weighted by atomic mass is 10.0. The first-order valence-electron chi connectivity index (χ1n) is 26.9. The quantitative estimate of drug-likeness (QED) is 0.106. The molecule has 5 heterocycles. The van der Waals surface area contributed by atoms with Crippen LogP contribution in [0.2, 0.25) is 0 Å². The van der Waals surface area contributed by atoms with Crippen LogP contribution >= 0.6 is 0 Å². The summed E-state index contributed by atoms with van der Waals surface area (Å²) in [5.41, 5.74) is 15.6. The van der Waals surface area contributed by atoms with E-state index in [1.807, 2.05) is 152 Å². The highest BCUT2D eigenvalue weighted by Gasteiger charge is 2.18. The van der Waals surface area contributed by atoms with E-state index in [0.29, 0.717) is 28.9 Å². The van der Waals surface area contributed by atoms with Gasteiger partial charge in [0.2, 0.25) is 0 Å². The van der Waals surface area contributed by atoms with Crippen LogP contribution in [0.15, 0.2) is 279 Å². The molecule has 0 atom stereocenters. The molecule has 1 N–H and O–H groups in total. The van der Waals surface area contributed by atoms with Gasteiger partial charge in [-0.15, -0.1) is 0 Å². The van der Waals surface area contributed by atoms with E-state index in [1.165, 1.54) is 27.7 Å². The van der Waals surface area contributed by atoms with E-state index in [2.05, 4.69) is 123 Å². The number of nitrogens with zero attached hydrogens (tertiary/aromatic N) is 8. The maximum atomic E-state index is 11.6. The average molecular weight is 1060 g/mol. The Balaban J connectivity index is 0.000000147. The van der Waals surface area contributed by atoms with Crippen molar-refractivity contribution in [1.82, 2.24) is 39.0 Å². The minimum absolute atomic E-state index is 0.0890. The highest BCUT2D eigenvalue weighted by atomic mass is 16.6. The molecule has 82 heavy (non-hydrogen) atoms. The van der Waals surface area contributed by atoms with Gasteiger partial charge >= 0.3 is 0 Å². The first-order valence-corrected chi connectivity index (χ1v) is 26.9. The first-order chi connectivity index (χ1) is 40.5. The van der Waals surface area contributed by atoms with Crippen molar-refractivity contribution in [3.63, 3.8) is 0 Å². The fourth-order valence-corrected chi connectivity index (χ4v) is 10.8. The molecule has 0 saturated carbocycles. The second-order valence-corrected chi connectivity index (χ2v) is 19.8. The summed E-state index contributed by atoms with van der Waals surface area (Å²) in [5, 5.41) is 16.3. The van der Waals surface area contributed by atoms with Gasteiger partial charge in [0, 0.05) is 90.3 Å². The third-order valence-electron chi connectivity index (χ3n) is 14.8. The lowest BCUT2D eigenvalue weighted by Crippen LogP contribution is -2.00. The molecule has 15 aromatic rings. The number of nitro groups is 1. The van der Waals surface area contributed by atoms with Crippen LogP contribution in [0, 0.1) is 10.1 Å². The number of hydrogen-bond acceptors (Lipinski definition) is 7. The van der Waals surface area contributed by atoms with E-state index < -0.39 is 0 Å². The van der Waals surface area contributed by atoms with Gasteiger partial charge in [-0.2, -0.15) is 0 Å². The molecule has 0 aliphatic carbocycles. The molecule has 0 radical (unpaired) electrons. The number of rotatable bonds is 10. The van der Waals surface area contributed by atoms with Crippen LogP contribution in [-0.4, -0.2) is 44.0 Å². The second kappa shape index (κ2) is 21.1. The normalized spacial score (nSPS) is 11.3. The summed E-state index contributed by atoms with van der Waals surface area (Å²) in [6.07, 6.45) is 4.15. The number of aromatic nitrogens is 8. The Morgan fingerprint density at radius 3 is 1.45 bits per heavy atom. The van der Waals surface area contributed by atoms with E-state index in [0.717, 1.165) is 83.6 Å². The van der Waals surface area contributed by atoms with Crippen molar-refractivity contribution >= 4 is 49.3 Å². The smallest absolute Gasteiger partial charge is 0.277 e. The second-order valence-electron chi connectivity index (χ2n) is 19.8. The molecule has 11 nitrogen and oxygen atoms in total. The molecule has 0 bridgehead atoms. The number of fused-ring (bicyclic) bond motifs is 6. The number of hydrogen-bond donors (Lipinski definition) is 1. The molecule has 0 amide bonds. The number of benzene rings is 10. The van der Waals surface area contributed by atoms with E-state index in [9.17, 15) is 10.1 Å². The van der Waals surface area contributed by atoms with Gasteiger partial charge in [-0.3, -0.25) is 10.1 Å². The lowest BCUT2D eigenvalue weighted by molar-refractivity contribution is -0.384. The molecule has 0 unspecified atom stereocenters. The van der Waals surface area contributed by atoms with Crippen LogP contribution in [0.25, 0.3) is 134 Å². The highest BCUT2D eigenvalue weighted by molar-refractivity contribution is 6.16. The van der Waals surface area contributed by atoms with Crippen molar-refractivity contribution in [1.29, 1.82) is 0 Å². The van der Waals surface area contributed by atoms with Crippen LogP contribution < -0.4 is 0 Å². The minimum Gasteiger partial charge on any atom is -0.354 e. The van der Waals surface area contributed by atoms with Gasteiger partial charge in [0.15, 0.2) is 23.3 Å². The Kier molecular flexibility index (Phi) is 12.6. The Bertz CT molecular complexity index is 4730. The standard InChI is InChI=1S/C36H24N4.C35H23N5O2/c1-3-10-24(11-4-1)32-23-33(25-12-5-2-6-13-25)39-36(38-32)26-14-9-15-27(22-26)40-21-20-30-34(40)19-18-29-28-16-7-8-17-31(28)37-35(29)30;41-40(42)32-17-8-7-16-30(32)26-18-19-31-27(22-26)20-21-39(31)29-15-9-14-28(23-29)35-37-33(24-10-3-1-4-11-24)36-34(38-35)25-12-5-2-6-13-25/h1-23,37H;1-23H. The van der Waals surface area contributed by atoms with Crippen molar-refractivity contribution in [2.75, 3.05) is 0 Å². The maximum absolute atomic E-state index is 11.6. The average Bonchev–Trinajstić information content (AvgIpc) is 4.50. The van der Waals surface area contributed by atoms with Crippen LogP contribution in [0.3, 0.4) is 0 Å². The van der Waals surface area contributed by atoms with Crippen molar-refractivity contribution in [3.8, 4) is 90.6 Å². The van der Waals surface area contributed by atoms with Gasteiger partial charge in [-0.05, 0) is 78.4 Å². The number of aromatic amines is 1. The molecule has 0 saturated heterocycles. The summed E-state index contributed by atoms with van der Waals surface area (Å²) in [6, 6.07) is 88.9. The number of para-hydroxylation sites is 2. The van der Waals surface area contributed by atoms with Crippen molar-refractivity contribution in [2.45, 2.75) is 0 Å². The molecule has 15 rings (SSSR count). The van der Waals surface area contributed by atoms with Gasteiger partial charge in [0.05, 0.1) is 38.4 Å². The molecular weight excluding hydrogens is 1010 g/mol. The molecule has 0 aliphatic heterocycles. The first kappa shape index (κ1) is 48.9. The summed E-state index contributed by atoms with van der Waals surface area (Å²) in [6.45, 7) is 0. The van der Waals surface area contributed by atoms with Crippen LogP contribution in [0.5, 0.6) is 0 Å². The largest absolute Gasteiger partial charge is 0.354 e. The van der Waals surface area contributed by atoms with Gasteiger partial charge in [0.25, 0.3) is 5.69 Å². The summed E-state index contributed by atoms with van der Waals surface area (Å²) in [7, 11) is 0. The fourth-order valence-electron chi connectivity index (χ4n) is 10.8. The molecule has 388 valence electrons. The Morgan fingerprint density at radius 2 is 0.841 bits per heavy atom. The van der Waals surface area contributed by atoms with Gasteiger partial charge < -0.3 is 14.1 Å². The SMILES string of the molecule is O=[N+]([O-])c1ccccc1-c1ccc2c(ccn2-c2cccc(-c3nc(-c4ccccc4)nc(-c4ccccc4)n3)c2)c1.c1ccc(-c2cc(-c3ccccc3)nc(-c3cccc(-n4ccc5c6[nH]c7ccccc7c6ccc54)c3)n2)cc1. The Labute approximate surface area is 471 Å². The van der Waals surface area contributed by atoms with E-state index in [-0.39, 0.29) is 10.6 Å². The number of nitrogens with one attached hydrogen (secondary N) is 1. The molecule has 0 fully saturated rings. The van der Waals surface area contributed by atoms with Crippen LogP contribution in [0.1, 0.15) is 0 Å². The third-order valence-corrected chi connectivity index (χ3v) is 14.8. The van der Waals surface area contributed by atoms with Gasteiger partial charge in [0.1, 0.15) is 0 Å². The zero-order chi connectivity index (χ0) is 54.9. The summed E-state index contributed by atoms with van der Waals surface area (Å²) >= 11 is 0. The summed E-state index contributed by atoms with van der Waals surface area (Å²) in [4.78, 5) is 39.4. The summed E-state index contributed by atoms with van der Waals surface area (Å²) < 4.78 is 4.34. The molecule has 0 spiro atoms. The Hall–Kier alpha value is -11.4. The molecular formula is C71H47N9O2. The molecule has 11 heteroatoms. The molecule has 0 aliphatic rings.